The molecule has 4 heterocycles. The van der Waals surface area contributed by atoms with Crippen molar-refractivity contribution in [2.45, 2.75) is 37.1 Å². The number of hydrogen-bond acceptors (Lipinski definition) is 8. The molecule has 0 bridgehead atoms. The Bertz CT molecular complexity index is 1070. The van der Waals surface area contributed by atoms with Gasteiger partial charge >= 0.3 is 0 Å². The Labute approximate surface area is 182 Å². The summed E-state index contributed by atoms with van der Waals surface area (Å²) in [5.41, 5.74) is 1.12. The van der Waals surface area contributed by atoms with Crippen molar-refractivity contribution in [3.63, 3.8) is 0 Å². The fraction of sp³-hybridized carbons (Fsp3) is 0.500. The van der Waals surface area contributed by atoms with Crippen LogP contribution in [0.3, 0.4) is 0 Å². The van der Waals surface area contributed by atoms with Crippen LogP contribution in [0, 0.1) is 5.92 Å². The minimum absolute atomic E-state index is 0.149. The van der Waals surface area contributed by atoms with Gasteiger partial charge in [0.1, 0.15) is 23.8 Å². The lowest BCUT2D eigenvalue weighted by Gasteiger charge is -2.19. The van der Waals surface area contributed by atoms with Crippen molar-refractivity contribution in [1.29, 1.82) is 0 Å². The first-order valence-corrected chi connectivity index (χ1v) is 10.7. The summed E-state index contributed by atoms with van der Waals surface area (Å²) in [6, 6.07) is 3.39. The van der Waals surface area contributed by atoms with E-state index < -0.39 is 30.8 Å². The fourth-order valence-electron chi connectivity index (χ4n) is 4.56. The highest BCUT2D eigenvalue weighted by molar-refractivity contribution is 6.30. The molecule has 0 unspecified atom stereocenters. The minimum atomic E-state index is -1.10. The molecule has 1 saturated heterocycles. The number of fused-ring (bicyclic) bond motifs is 1. The van der Waals surface area contributed by atoms with E-state index in [1.807, 2.05) is 12.1 Å². The second-order valence-electron chi connectivity index (χ2n) is 8.16. The molecule has 0 amide bonds. The zero-order chi connectivity index (χ0) is 21.5. The van der Waals surface area contributed by atoms with Gasteiger partial charge < -0.3 is 25.0 Å². The Morgan fingerprint density at radius 1 is 1.16 bits per heavy atom. The molecule has 0 aromatic carbocycles. The molecule has 3 aromatic heterocycles. The van der Waals surface area contributed by atoms with Crippen LogP contribution in [-0.2, 0) is 0 Å². The second kappa shape index (κ2) is 8.18. The van der Waals surface area contributed by atoms with E-state index in [1.54, 1.807) is 17.1 Å². The van der Waals surface area contributed by atoms with Crippen LogP contribution in [0.2, 0.25) is 5.02 Å². The Hall–Kier alpha value is -2.56. The Kier molecular flexibility index (Phi) is 5.37. The number of aliphatic hydroxyl groups is 2. The van der Waals surface area contributed by atoms with Crippen molar-refractivity contribution in [2.75, 3.05) is 30.0 Å². The smallest absolute Gasteiger partial charge is 0.165 e. The average molecular weight is 448 g/mol. The SMILES string of the molecule is O[C@@H]1[C@@H](CF)C[C@@H](n2cnc3c(N[C@H]4CCN(c5ccc(Cl)cn5)C4)ncnc32)[C@@H]1O. The van der Waals surface area contributed by atoms with Gasteiger partial charge in [-0.05, 0) is 25.0 Å². The molecule has 1 aliphatic heterocycles. The molecule has 0 radical (unpaired) electrons. The third-order valence-electron chi connectivity index (χ3n) is 6.25. The standard InChI is InChI=1S/C20H23ClFN7O2/c21-12-1-2-15(23-7-12)28-4-3-13(8-28)27-19-16-20(25-9-24-19)29(10-26-16)14-5-11(6-22)17(30)18(14)31/h1-2,7,9-11,13-14,17-18,30-31H,3-6,8H2,(H,24,25,27)/t11-,13+,14-,17-,18+/m1/s1. The molecular weight excluding hydrogens is 425 g/mol. The van der Waals surface area contributed by atoms with Crippen LogP contribution >= 0.6 is 11.6 Å². The number of alkyl halides is 1. The number of pyridine rings is 1. The first kappa shape index (κ1) is 20.3. The molecule has 3 aromatic rings. The Morgan fingerprint density at radius 3 is 2.77 bits per heavy atom. The lowest BCUT2D eigenvalue weighted by Crippen LogP contribution is -2.30. The summed E-state index contributed by atoms with van der Waals surface area (Å²) in [7, 11) is 0. The Morgan fingerprint density at radius 2 is 2.03 bits per heavy atom. The van der Waals surface area contributed by atoms with Crippen molar-refractivity contribution in [3.05, 3.63) is 36.0 Å². The van der Waals surface area contributed by atoms with Crippen LogP contribution in [0.25, 0.3) is 11.2 Å². The fourth-order valence-corrected chi connectivity index (χ4v) is 4.67. The molecule has 2 aliphatic rings. The van der Waals surface area contributed by atoms with Crippen LogP contribution in [-0.4, -0.2) is 72.7 Å². The number of nitrogens with one attached hydrogen (secondary N) is 1. The quantitative estimate of drug-likeness (QED) is 0.543. The monoisotopic (exact) mass is 447 g/mol. The molecule has 3 N–H and O–H groups in total. The van der Waals surface area contributed by atoms with Crippen LogP contribution in [0.1, 0.15) is 18.9 Å². The molecule has 2 fully saturated rings. The maximum absolute atomic E-state index is 13.2. The molecule has 164 valence electrons. The summed E-state index contributed by atoms with van der Waals surface area (Å²) in [5, 5.41) is 24.5. The zero-order valence-corrected chi connectivity index (χ0v) is 17.4. The van der Waals surface area contributed by atoms with E-state index in [-0.39, 0.29) is 6.04 Å². The Balaban J connectivity index is 1.34. The molecular formula is C20H23ClFN7O2. The van der Waals surface area contributed by atoms with E-state index >= 15 is 0 Å². The van der Waals surface area contributed by atoms with E-state index in [0.717, 1.165) is 25.3 Å². The number of nitrogens with zero attached hydrogens (tertiary/aromatic N) is 6. The maximum Gasteiger partial charge on any atom is 0.165 e. The number of anilines is 2. The van der Waals surface area contributed by atoms with E-state index in [1.165, 1.54) is 6.33 Å². The topological polar surface area (TPSA) is 112 Å². The van der Waals surface area contributed by atoms with Gasteiger partial charge in [-0.3, -0.25) is 4.39 Å². The van der Waals surface area contributed by atoms with E-state index in [0.29, 0.717) is 28.4 Å². The number of aliphatic hydroxyl groups excluding tert-OH is 2. The molecule has 1 saturated carbocycles. The largest absolute Gasteiger partial charge is 0.390 e. The van der Waals surface area contributed by atoms with Gasteiger partial charge in [-0.15, -0.1) is 0 Å². The molecule has 1 aliphatic carbocycles. The summed E-state index contributed by atoms with van der Waals surface area (Å²) in [6.07, 6.45) is 3.72. The van der Waals surface area contributed by atoms with Crippen molar-refractivity contribution >= 4 is 34.4 Å². The lowest BCUT2D eigenvalue weighted by molar-refractivity contribution is 0.00271. The molecule has 31 heavy (non-hydrogen) atoms. The van der Waals surface area contributed by atoms with Gasteiger partial charge in [0.2, 0.25) is 0 Å². The number of rotatable bonds is 5. The van der Waals surface area contributed by atoms with Gasteiger partial charge in [-0.1, -0.05) is 11.6 Å². The minimum Gasteiger partial charge on any atom is -0.390 e. The summed E-state index contributed by atoms with van der Waals surface area (Å²) < 4.78 is 14.9. The predicted octanol–water partition coefficient (Wildman–Crippen LogP) is 1.82. The van der Waals surface area contributed by atoms with Gasteiger partial charge in [-0.2, -0.15) is 0 Å². The van der Waals surface area contributed by atoms with Crippen LogP contribution in [0.4, 0.5) is 16.0 Å². The highest BCUT2D eigenvalue weighted by atomic mass is 35.5. The first-order valence-electron chi connectivity index (χ1n) is 10.3. The molecule has 11 heteroatoms. The summed E-state index contributed by atoms with van der Waals surface area (Å²) >= 11 is 5.93. The lowest BCUT2D eigenvalue weighted by atomic mass is 10.1. The summed E-state index contributed by atoms with van der Waals surface area (Å²) in [6.45, 7) is 0.933. The van der Waals surface area contributed by atoms with E-state index in [4.69, 9.17) is 11.6 Å². The van der Waals surface area contributed by atoms with E-state index in [2.05, 4.69) is 30.2 Å². The van der Waals surface area contributed by atoms with Gasteiger partial charge in [0.15, 0.2) is 11.5 Å². The predicted molar refractivity (Wildman–Crippen MR) is 114 cm³/mol. The number of halogens is 2. The first-order chi connectivity index (χ1) is 15.0. The van der Waals surface area contributed by atoms with Crippen molar-refractivity contribution < 1.29 is 14.6 Å². The summed E-state index contributed by atoms with van der Waals surface area (Å²) in [4.78, 5) is 19.7. The van der Waals surface area contributed by atoms with Crippen molar-refractivity contribution in [1.82, 2.24) is 24.5 Å². The maximum atomic E-state index is 13.2. The highest BCUT2D eigenvalue weighted by Crippen LogP contribution is 2.37. The zero-order valence-electron chi connectivity index (χ0n) is 16.6. The third-order valence-corrected chi connectivity index (χ3v) is 6.47. The highest BCUT2D eigenvalue weighted by Gasteiger charge is 2.43. The van der Waals surface area contributed by atoms with Gasteiger partial charge in [0, 0.05) is 31.2 Å². The number of hydrogen-bond donors (Lipinski definition) is 3. The average Bonchev–Trinajstić information content (AvgIpc) is 3.48. The third kappa shape index (κ3) is 3.68. The van der Waals surface area contributed by atoms with Crippen LogP contribution < -0.4 is 10.2 Å². The molecule has 5 rings (SSSR count). The van der Waals surface area contributed by atoms with Gasteiger partial charge in [0.25, 0.3) is 0 Å². The number of aromatic nitrogens is 5. The second-order valence-corrected chi connectivity index (χ2v) is 8.59. The van der Waals surface area contributed by atoms with Gasteiger partial charge in [-0.25, -0.2) is 19.9 Å². The molecule has 9 nitrogen and oxygen atoms in total. The van der Waals surface area contributed by atoms with E-state index in [9.17, 15) is 14.6 Å². The molecule has 5 atom stereocenters. The van der Waals surface area contributed by atoms with Gasteiger partial charge in [0.05, 0.1) is 30.2 Å². The van der Waals surface area contributed by atoms with Crippen LogP contribution in [0.5, 0.6) is 0 Å². The summed E-state index contributed by atoms with van der Waals surface area (Å²) in [5.74, 6) is 0.889. The van der Waals surface area contributed by atoms with Crippen molar-refractivity contribution in [2.24, 2.45) is 5.92 Å². The van der Waals surface area contributed by atoms with Crippen LogP contribution in [0.15, 0.2) is 31.0 Å². The number of imidazole rings is 1. The molecule has 0 spiro atoms. The van der Waals surface area contributed by atoms with Crippen molar-refractivity contribution in [3.8, 4) is 0 Å². The normalized spacial score (nSPS) is 28.5.